The van der Waals surface area contributed by atoms with E-state index < -0.39 is 0 Å². The normalized spacial score (nSPS) is 26.6. The number of hydrogen-bond donors (Lipinski definition) is 0. The maximum atomic E-state index is 12.1. The van der Waals surface area contributed by atoms with Crippen LogP contribution in [0.2, 0.25) is 0 Å². The molecule has 1 aromatic rings. The average molecular weight is 384 g/mol. The van der Waals surface area contributed by atoms with E-state index in [0.717, 1.165) is 44.6 Å². The van der Waals surface area contributed by atoms with Gasteiger partial charge in [0.05, 0.1) is 0 Å². The van der Waals surface area contributed by atoms with Crippen LogP contribution >= 0.6 is 0 Å². The number of carbonyl (C=O) groups excluding carboxylic acids is 1. The zero-order valence-corrected chi connectivity index (χ0v) is 17.8. The van der Waals surface area contributed by atoms with Gasteiger partial charge in [0, 0.05) is 45.2 Å². The summed E-state index contributed by atoms with van der Waals surface area (Å²) in [7, 11) is 0. The van der Waals surface area contributed by atoms with Crippen LogP contribution in [-0.2, 0) is 11.3 Å². The van der Waals surface area contributed by atoms with Crippen LogP contribution in [0.5, 0.6) is 0 Å². The van der Waals surface area contributed by atoms with Crippen LogP contribution in [0.15, 0.2) is 24.3 Å². The molecule has 3 fully saturated rings. The van der Waals surface area contributed by atoms with Crippen LogP contribution in [-0.4, -0.2) is 66.4 Å². The van der Waals surface area contributed by atoms with E-state index in [1.165, 1.54) is 56.4 Å². The molecule has 4 rings (SSSR count). The van der Waals surface area contributed by atoms with Crippen molar-refractivity contribution in [3.63, 3.8) is 0 Å². The number of rotatable bonds is 6. The fourth-order valence-corrected chi connectivity index (χ4v) is 5.13. The summed E-state index contributed by atoms with van der Waals surface area (Å²) in [5, 5.41) is 0. The third-order valence-electron chi connectivity index (χ3n) is 6.99. The molecule has 1 aliphatic carbocycles. The first-order chi connectivity index (χ1) is 13.6. The van der Waals surface area contributed by atoms with Gasteiger partial charge in [0.25, 0.3) is 0 Å². The molecule has 3 aliphatic rings. The highest BCUT2D eigenvalue weighted by molar-refractivity contribution is 5.78. The quantitative estimate of drug-likeness (QED) is 0.751. The van der Waals surface area contributed by atoms with Crippen molar-refractivity contribution in [3.8, 4) is 0 Å². The molecule has 0 radical (unpaired) electrons. The highest BCUT2D eigenvalue weighted by Gasteiger charge is 2.32. The van der Waals surface area contributed by atoms with Gasteiger partial charge in [-0.3, -0.25) is 14.6 Å². The molecule has 0 atom stereocenters. The summed E-state index contributed by atoms with van der Waals surface area (Å²) in [5.74, 6) is 2.04. The summed E-state index contributed by atoms with van der Waals surface area (Å²) < 4.78 is 0. The topological polar surface area (TPSA) is 26.8 Å². The van der Waals surface area contributed by atoms with E-state index in [2.05, 4.69) is 39.0 Å². The summed E-state index contributed by atoms with van der Waals surface area (Å²) in [6.45, 7) is 12.8. The summed E-state index contributed by atoms with van der Waals surface area (Å²) in [6.07, 6.45) is 5.39. The molecule has 0 bridgehead atoms. The van der Waals surface area contributed by atoms with Gasteiger partial charge < -0.3 is 4.90 Å². The van der Waals surface area contributed by atoms with Gasteiger partial charge in [-0.25, -0.2) is 0 Å². The summed E-state index contributed by atoms with van der Waals surface area (Å²) in [5.41, 5.74) is 3.00. The van der Waals surface area contributed by atoms with Crippen molar-refractivity contribution in [2.45, 2.75) is 52.0 Å². The van der Waals surface area contributed by atoms with Crippen LogP contribution in [0.3, 0.4) is 0 Å². The Bertz CT molecular complexity index is 636. The van der Waals surface area contributed by atoms with Crippen molar-refractivity contribution < 1.29 is 4.79 Å². The van der Waals surface area contributed by atoms with Gasteiger partial charge in [0.1, 0.15) is 0 Å². The maximum Gasteiger partial charge on any atom is 0.225 e. The predicted octanol–water partition coefficient (Wildman–Crippen LogP) is 3.58. The van der Waals surface area contributed by atoms with E-state index in [4.69, 9.17) is 0 Å². The molecule has 154 valence electrons. The number of benzene rings is 1. The van der Waals surface area contributed by atoms with Crippen molar-refractivity contribution >= 4 is 5.91 Å². The standard InChI is InChI=1S/C24H37N3O/c1-19(2)24(28)27-13-11-26(12-14-27)18-21-15-23(16-21)22-7-5-20(6-8-22)17-25-9-3-4-10-25/h5-8,19,21,23H,3-4,9-18H2,1-2H3. The van der Waals surface area contributed by atoms with E-state index >= 15 is 0 Å². The zero-order valence-electron chi connectivity index (χ0n) is 17.8. The fourth-order valence-electron chi connectivity index (χ4n) is 5.13. The van der Waals surface area contributed by atoms with Crippen molar-refractivity contribution in [2.24, 2.45) is 11.8 Å². The smallest absolute Gasteiger partial charge is 0.225 e. The molecule has 1 aromatic carbocycles. The van der Waals surface area contributed by atoms with E-state index in [1.807, 2.05) is 13.8 Å². The Hall–Kier alpha value is -1.39. The molecule has 4 heteroatoms. The van der Waals surface area contributed by atoms with Crippen molar-refractivity contribution in [1.29, 1.82) is 0 Å². The number of hydrogen-bond acceptors (Lipinski definition) is 3. The second kappa shape index (κ2) is 8.96. The molecule has 2 saturated heterocycles. The molecular weight excluding hydrogens is 346 g/mol. The molecule has 4 nitrogen and oxygen atoms in total. The van der Waals surface area contributed by atoms with Gasteiger partial charge in [-0.15, -0.1) is 0 Å². The Morgan fingerprint density at radius 3 is 2.18 bits per heavy atom. The second-order valence-electron chi connectivity index (χ2n) is 9.54. The van der Waals surface area contributed by atoms with Gasteiger partial charge >= 0.3 is 0 Å². The lowest BCUT2D eigenvalue weighted by Gasteiger charge is -2.42. The van der Waals surface area contributed by atoms with Crippen LogP contribution < -0.4 is 0 Å². The number of amides is 1. The minimum absolute atomic E-state index is 0.126. The van der Waals surface area contributed by atoms with E-state index in [1.54, 1.807) is 0 Å². The maximum absolute atomic E-state index is 12.1. The highest BCUT2D eigenvalue weighted by Crippen LogP contribution is 2.42. The molecule has 2 aliphatic heterocycles. The first-order valence-corrected chi connectivity index (χ1v) is 11.4. The third kappa shape index (κ3) is 4.77. The molecule has 0 N–H and O–H groups in total. The van der Waals surface area contributed by atoms with Gasteiger partial charge in [-0.2, -0.15) is 0 Å². The van der Waals surface area contributed by atoms with E-state index in [0.29, 0.717) is 5.91 Å². The first-order valence-electron chi connectivity index (χ1n) is 11.4. The average Bonchev–Trinajstić information content (AvgIpc) is 3.18. The fraction of sp³-hybridized carbons (Fsp3) is 0.708. The number of likely N-dealkylation sites (tertiary alicyclic amines) is 1. The lowest BCUT2D eigenvalue weighted by molar-refractivity contribution is -0.136. The number of nitrogens with zero attached hydrogens (tertiary/aromatic N) is 3. The molecule has 28 heavy (non-hydrogen) atoms. The van der Waals surface area contributed by atoms with Gasteiger partial charge in [0.2, 0.25) is 5.91 Å². The predicted molar refractivity (Wildman–Crippen MR) is 114 cm³/mol. The van der Waals surface area contributed by atoms with Gasteiger partial charge in [0.15, 0.2) is 0 Å². The summed E-state index contributed by atoms with van der Waals surface area (Å²) in [4.78, 5) is 19.3. The molecule has 1 amide bonds. The van der Waals surface area contributed by atoms with Crippen LogP contribution in [0.4, 0.5) is 0 Å². The third-order valence-corrected chi connectivity index (χ3v) is 6.99. The second-order valence-corrected chi connectivity index (χ2v) is 9.54. The first kappa shape index (κ1) is 19.9. The van der Waals surface area contributed by atoms with Gasteiger partial charge in [-0.05, 0) is 61.7 Å². The minimum Gasteiger partial charge on any atom is -0.340 e. The lowest BCUT2D eigenvalue weighted by Crippen LogP contribution is -2.51. The Morgan fingerprint density at radius 1 is 0.929 bits per heavy atom. The molecule has 1 saturated carbocycles. The summed E-state index contributed by atoms with van der Waals surface area (Å²) >= 11 is 0. The minimum atomic E-state index is 0.126. The SMILES string of the molecule is CC(C)C(=O)N1CCN(CC2CC(c3ccc(CN4CCCC4)cc3)C2)CC1. The van der Waals surface area contributed by atoms with Crippen LogP contribution in [0.1, 0.15) is 56.6 Å². The largest absolute Gasteiger partial charge is 0.340 e. The molecule has 2 heterocycles. The Kier molecular flexibility index (Phi) is 6.37. The summed E-state index contributed by atoms with van der Waals surface area (Å²) in [6, 6.07) is 9.46. The van der Waals surface area contributed by atoms with Crippen LogP contribution in [0.25, 0.3) is 0 Å². The molecule has 0 aromatic heterocycles. The monoisotopic (exact) mass is 383 g/mol. The molecule has 0 unspecified atom stereocenters. The van der Waals surface area contributed by atoms with E-state index in [9.17, 15) is 4.79 Å². The van der Waals surface area contributed by atoms with Crippen molar-refractivity contribution in [3.05, 3.63) is 35.4 Å². The number of carbonyl (C=O) groups is 1. The van der Waals surface area contributed by atoms with Crippen molar-refractivity contribution in [2.75, 3.05) is 45.8 Å². The van der Waals surface area contributed by atoms with E-state index in [-0.39, 0.29) is 5.92 Å². The Morgan fingerprint density at radius 2 is 1.57 bits per heavy atom. The van der Waals surface area contributed by atoms with Gasteiger partial charge in [-0.1, -0.05) is 38.1 Å². The Balaban J connectivity index is 1.17. The Labute approximate surface area is 170 Å². The molecular formula is C24H37N3O. The highest BCUT2D eigenvalue weighted by atomic mass is 16.2. The lowest BCUT2D eigenvalue weighted by atomic mass is 9.71. The zero-order chi connectivity index (χ0) is 19.5. The number of piperazine rings is 1. The molecule has 0 spiro atoms. The van der Waals surface area contributed by atoms with Crippen LogP contribution in [0, 0.1) is 11.8 Å². The van der Waals surface area contributed by atoms with Crippen molar-refractivity contribution in [1.82, 2.24) is 14.7 Å².